The van der Waals surface area contributed by atoms with Crippen molar-refractivity contribution in [2.24, 2.45) is 5.73 Å². The summed E-state index contributed by atoms with van der Waals surface area (Å²) >= 11 is 0. The summed E-state index contributed by atoms with van der Waals surface area (Å²) in [5, 5.41) is 0. The number of anilines is 2. The van der Waals surface area contributed by atoms with Crippen molar-refractivity contribution in [2.75, 3.05) is 37.5 Å². The Balaban J connectivity index is 2.89. The molecule has 0 bridgehead atoms. The Kier molecular flexibility index (Phi) is 4.31. The zero-order chi connectivity index (χ0) is 12.1. The third-order valence-corrected chi connectivity index (χ3v) is 2.43. The smallest absolute Gasteiger partial charge is 0.138 e. The molecule has 88 valence electrons. The number of benzene rings is 1. The third kappa shape index (κ3) is 2.97. The molecule has 0 aromatic heterocycles. The van der Waals surface area contributed by atoms with Gasteiger partial charge in [-0.1, -0.05) is 12.1 Å². The first-order valence-corrected chi connectivity index (χ1v) is 5.24. The van der Waals surface area contributed by atoms with Crippen molar-refractivity contribution >= 4 is 17.7 Å². The van der Waals surface area contributed by atoms with E-state index in [0.717, 1.165) is 17.7 Å². The molecule has 0 spiro atoms. The van der Waals surface area contributed by atoms with E-state index in [4.69, 9.17) is 5.73 Å². The average molecular weight is 221 g/mol. The Morgan fingerprint density at radius 1 is 1.25 bits per heavy atom. The SMILES string of the molecule is CN(C)c1ccccc1N(C)C[C@H](N)C=O. The van der Waals surface area contributed by atoms with Crippen molar-refractivity contribution in [3.05, 3.63) is 24.3 Å². The second-order valence-corrected chi connectivity index (χ2v) is 4.06. The number of aldehydes is 1. The summed E-state index contributed by atoms with van der Waals surface area (Å²) in [6.45, 7) is 0.522. The summed E-state index contributed by atoms with van der Waals surface area (Å²) in [5.41, 5.74) is 7.80. The molecule has 0 aliphatic rings. The second-order valence-electron chi connectivity index (χ2n) is 4.06. The van der Waals surface area contributed by atoms with E-state index < -0.39 is 6.04 Å². The van der Waals surface area contributed by atoms with Crippen LogP contribution in [0.15, 0.2) is 24.3 Å². The minimum atomic E-state index is -0.444. The minimum Gasteiger partial charge on any atom is -0.376 e. The topological polar surface area (TPSA) is 49.6 Å². The van der Waals surface area contributed by atoms with Crippen LogP contribution in [0.4, 0.5) is 11.4 Å². The van der Waals surface area contributed by atoms with Gasteiger partial charge in [0.15, 0.2) is 0 Å². The summed E-state index contributed by atoms with van der Waals surface area (Å²) in [4.78, 5) is 14.6. The van der Waals surface area contributed by atoms with Crippen molar-refractivity contribution in [3.63, 3.8) is 0 Å². The highest BCUT2D eigenvalue weighted by Crippen LogP contribution is 2.26. The lowest BCUT2D eigenvalue weighted by atomic mass is 10.2. The van der Waals surface area contributed by atoms with Crippen molar-refractivity contribution in [3.8, 4) is 0 Å². The van der Waals surface area contributed by atoms with E-state index in [-0.39, 0.29) is 0 Å². The molecule has 0 aliphatic carbocycles. The highest BCUT2D eigenvalue weighted by Gasteiger charge is 2.10. The van der Waals surface area contributed by atoms with Gasteiger partial charge in [-0.2, -0.15) is 0 Å². The van der Waals surface area contributed by atoms with Gasteiger partial charge in [0, 0.05) is 27.7 Å². The normalized spacial score (nSPS) is 12.0. The van der Waals surface area contributed by atoms with Crippen LogP contribution in [0.25, 0.3) is 0 Å². The van der Waals surface area contributed by atoms with E-state index in [9.17, 15) is 4.79 Å². The molecule has 1 rings (SSSR count). The standard InChI is InChI=1S/C12H19N3O/c1-14(2)11-6-4-5-7-12(11)15(3)8-10(13)9-16/h4-7,9-10H,8,13H2,1-3H3/t10-/m0/s1. The molecule has 0 amide bonds. The Hall–Kier alpha value is -1.55. The fraction of sp³-hybridized carbons (Fsp3) is 0.417. The molecule has 4 heteroatoms. The average Bonchev–Trinajstić information content (AvgIpc) is 2.28. The van der Waals surface area contributed by atoms with Gasteiger partial charge in [-0.15, -0.1) is 0 Å². The fourth-order valence-corrected chi connectivity index (χ4v) is 1.62. The quantitative estimate of drug-likeness (QED) is 0.744. The van der Waals surface area contributed by atoms with Crippen molar-refractivity contribution in [2.45, 2.75) is 6.04 Å². The fourth-order valence-electron chi connectivity index (χ4n) is 1.62. The van der Waals surface area contributed by atoms with Crippen LogP contribution in [0, 0.1) is 0 Å². The van der Waals surface area contributed by atoms with E-state index in [1.165, 1.54) is 0 Å². The highest BCUT2D eigenvalue weighted by molar-refractivity contribution is 5.71. The first-order chi connectivity index (χ1) is 7.56. The molecule has 4 nitrogen and oxygen atoms in total. The summed E-state index contributed by atoms with van der Waals surface area (Å²) in [6.07, 6.45) is 0.773. The molecule has 2 N–H and O–H groups in total. The Morgan fingerprint density at radius 2 is 1.81 bits per heavy atom. The number of carbonyl (C=O) groups excluding carboxylic acids is 1. The van der Waals surface area contributed by atoms with Crippen LogP contribution in [0.3, 0.4) is 0 Å². The number of rotatable bonds is 5. The summed E-state index contributed by atoms with van der Waals surface area (Å²) in [6, 6.07) is 7.59. The molecule has 1 aromatic carbocycles. The molecule has 0 radical (unpaired) electrons. The number of nitrogens with zero attached hydrogens (tertiary/aromatic N) is 2. The molecule has 16 heavy (non-hydrogen) atoms. The number of carbonyl (C=O) groups is 1. The summed E-state index contributed by atoms with van der Waals surface area (Å²) in [7, 11) is 5.92. The van der Waals surface area contributed by atoms with Crippen LogP contribution >= 0.6 is 0 Å². The molecule has 0 saturated carbocycles. The van der Waals surface area contributed by atoms with E-state index >= 15 is 0 Å². The van der Waals surface area contributed by atoms with Gasteiger partial charge < -0.3 is 20.3 Å². The van der Waals surface area contributed by atoms with E-state index in [1.54, 1.807) is 0 Å². The third-order valence-electron chi connectivity index (χ3n) is 2.43. The number of para-hydroxylation sites is 2. The van der Waals surface area contributed by atoms with Crippen molar-refractivity contribution < 1.29 is 4.79 Å². The molecule has 1 atom stereocenters. The number of hydrogen-bond acceptors (Lipinski definition) is 4. The van der Waals surface area contributed by atoms with E-state index in [0.29, 0.717) is 6.54 Å². The molecular weight excluding hydrogens is 202 g/mol. The molecule has 0 fully saturated rings. The number of nitrogens with two attached hydrogens (primary N) is 1. The zero-order valence-corrected chi connectivity index (χ0v) is 10.1. The highest BCUT2D eigenvalue weighted by atomic mass is 16.1. The van der Waals surface area contributed by atoms with Gasteiger partial charge in [-0.25, -0.2) is 0 Å². The van der Waals surface area contributed by atoms with Crippen LogP contribution in [0.2, 0.25) is 0 Å². The molecule has 0 heterocycles. The Bertz CT molecular complexity index is 352. The molecule has 0 aliphatic heterocycles. The predicted molar refractivity (Wildman–Crippen MR) is 68.1 cm³/mol. The van der Waals surface area contributed by atoms with Gasteiger partial charge in [0.1, 0.15) is 6.29 Å². The Labute approximate surface area is 96.6 Å². The predicted octanol–water partition coefficient (Wildman–Crippen LogP) is 0.715. The number of hydrogen-bond donors (Lipinski definition) is 1. The van der Waals surface area contributed by atoms with Gasteiger partial charge in [-0.05, 0) is 12.1 Å². The zero-order valence-electron chi connectivity index (χ0n) is 10.1. The maximum absolute atomic E-state index is 10.5. The summed E-state index contributed by atoms with van der Waals surface area (Å²) in [5.74, 6) is 0. The van der Waals surface area contributed by atoms with Gasteiger partial charge in [0.2, 0.25) is 0 Å². The monoisotopic (exact) mass is 221 g/mol. The maximum atomic E-state index is 10.5. The van der Waals surface area contributed by atoms with Crippen LogP contribution < -0.4 is 15.5 Å². The van der Waals surface area contributed by atoms with E-state index in [2.05, 4.69) is 0 Å². The second kappa shape index (κ2) is 5.51. The molecular formula is C12H19N3O. The van der Waals surface area contributed by atoms with Crippen LogP contribution in [-0.4, -0.2) is 40.0 Å². The largest absolute Gasteiger partial charge is 0.376 e. The number of likely N-dealkylation sites (N-methyl/N-ethyl adjacent to an activating group) is 1. The Morgan fingerprint density at radius 3 is 2.31 bits per heavy atom. The van der Waals surface area contributed by atoms with Gasteiger partial charge in [0.25, 0.3) is 0 Å². The van der Waals surface area contributed by atoms with E-state index in [1.807, 2.05) is 55.2 Å². The lowest BCUT2D eigenvalue weighted by Gasteiger charge is -2.26. The van der Waals surface area contributed by atoms with Crippen molar-refractivity contribution in [1.29, 1.82) is 0 Å². The lowest BCUT2D eigenvalue weighted by molar-refractivity contribution is -0.108. The van der Waals surface area contributed by atoms with Crippen molar-refractivity contribution in [1.82, 2.24) is 0 Å². The van der Waals surface area contributed by atoms with Crippen LogP contribution in [0.5, 0.6) is 0 Å². The van der Waals surface area contributed by atoms with Gasteiger partial charge >= 0.3 is 0 Å². The first-order valence-electron chi connectivity index (χ1n) is 5.24. The summed E-state index contributed by atoms with van der Waals surface area (Å²) < 4.78 is 0. The molecule has 0 unspecified atom stereocenters. The first kappa shape index (κ1) is 12.5. The van der Waals surface area contributed by atoms with Gasteiger partial charge in [0.05, 0.1) is 17.4 Å². The molecule has 1 aromatic rings. The maximum Gasteiger partial charge on any atom is 0.138 e. The lowest BCUT2D eigenvalue weighted by Crippen LogP contribution is -2.36. The van der Waals surface area contributed by atoms with Gasteiger partial charge in [-0.3, -0.25) is 0 Å². The van der Waals surface area contributed by atoms with Crippen LogP contribution in [0.1, 0.15) is 0 Å². The molecule has 0 saturated heterocycles. The van der Waals surface area contributed by atoms with Crippen LogP contribution in [-0.2, 0) is 4.79 Å². The minimum absolute atomic E-state index is 0.444.